The average Bonchev–Trinajstić information content (AvgIpc) is 2.58. The van der Waals surface area contributed by atoms with Crippen LogP contribution in [0.25, 0.3) is 10.4 Å². The lowest BCUT2D eigenvalue weighted by molar-refractivity contribution is -0.338. The number of aliphatic hydroxyl groups is 1. The van der Waals surface area contributed by atoms with Crippen molar-refractivity contribution in [3.63, 3.8) is 0 Å². The summed E-state index contributed by atoms with van der Waals surface area (Å²) in [5, 5.41) is 14.0. The maximum Gasteiger partial charge on any atom is 0.184 e. The van der Waals surface area contributed by atoms with Crippen LogP contribution in [0.4, 0.5) is 0 Å². The van der Waals surface area contributed by atoms with E-state index in [0.29, 0.717) is 0 Å². The van der Waals surface area contributed by atoms with E-state index in [-0.39, 0.29) is 6.61 Å². The highest BCUT2D eigenvalue weighted by Gasteiger charge is 2.49. The minimum Gasteiger partial charge on any atom is -0.390 e. The lowest BCUT2D eigenvalue weighted by atomic mass is 9.96. The third-order valence-corrected chi connectivity index (χ3v) is 3.82. The SMILES string of the molecule is COC1OC2COC(c3ccccc3)O[C@@H]2C(O)C1N=[N+]=[N-]. The van der Waals surface area contributed by atoms with Crippen molar-refractivity contribution in [2.75, 3.05) is 13.7 Å². The lowest BCUT2D eigenvalue weighted by Crippen LogP contribution is -2.61. The molecule has 2 fully saturated rings. The van der Waals surface area contributed by atoms with E-state index in [2.05, 4.69) is 10.0 Å². The zero-order valence-corrected chi connectivity index (χ0v) is 12.0. The molecule has 1 aromatic carbocycles. The van der Waals surface area contributed by atoms with E-state index in [9.17, 15) is 5.11 Å². The number of benzene rings is 1. The van der Waals surface area contributed by atoms with E-state index in [1.54, 1.807) is 0 Å². The van der Waals surface area contributed by atoms with Crippen LogP contribution in [0.15, 0.2) is 35.4 Å². The highest BCUT2D eigenvalue weighted by atomic mass is 16.7. The van der Waals surface area contributed by atoms with Crippen molar-refractivity contribution < 1.29 is 24.1 Å². The van der Waals surface area contributed by atoms with Crippen LogP contribution in [0.3, 0.4) is 0 Å². The summed E-state index contributed by atoms with van der Waals surface area (Å²) in [7, 11) is 1.43. The summed E-state index contributed by atoms with van der Waals surface area (Å²) in [6, 6.07) is 8.55. The van der Waals surface area contributed by atoms with Crippen LogP contribution in [0, 0.1) is 0 Å². The number of rotatable bonds is 3. The highest BCUT2D eigenvalue weighted by molar-refractivity contribution is 5.16. The molecule has 3 rings (SSSR count). The first-order valence-corrected chi connectivity index (χ1v) is 6.97. The minimum absolute atomic E-state index is 0.254. The van der Waals surface area contributed by atoms with Crippen molar-refractivity contribution in [2.24, 2.45) is 5.11 Å². The fourth-order valence-electron chi connectivity index (χ4n) is 2.73. The summed E-state index contributed by atoms with van der Waals surface area (Å²) in [5.74, 6) is 0. The molecule has 2 aliphatic heterocycles. The molecule has 0 saturated carbocycles. The van der Waals surface area contributed by atoms with Gasteiger partial charge in [0.05, 0.1) is 12.7 Å². The number of nitrogens with zero attached hydrogens (tertiary/aromatic N) is 3. The van der Waals surface area contributed by atoms with E-state index in [0.717, 1.165) is 5.56 Å². The second-order valence-corrected chi connectivity index (χ2v) is 5.14. The molecule has 5 unspecified atom stereocenters. The Morgan fingerprint density at radius 3 is 2.77 bits per heavy atom. The van der Waals surface area contributed by atoms with Gasteiger partial charge in [0.2, 0.25) is 0 Å². The van der Waals surface area contributed by atoms with Crippen molar-refractivity contribution >= 4 is 0 Å². The molecule has 0 spiro atoms. The zero-order valence-electron chi connectivity index (χ0n) is 12.0. The van der Waals surface area contributed by atoms with Gasteiger partial charge in [0.1, 0.15) is 18.2 Å². The molecule has 0 radical (unpaired) electrons. The zero-order chi connectivity index (χ0) is 15.5. The molecule has 118 valence electrons. The van der Waals surface area contributed by atoms with E-state index in [1.165, 1.54) is 7.11 Å². The molecular formula is C14H17N3O5. The van der Waals surface area contributed by atoms with Crippen LogP contribution in [0.1, 0.15) is 11.9 Å². The van der Waals surface area contributed by atoms with Gasteiger partial charge in [-0.3, -0.25) is 0 Å². The number of azide groups is 1. The van der Waals surface area contributed by atoms with E-state index < -0.39 is 36.9 Å². The predicted octanol–water partition coefficient (Wildman–Crippen LogP) is 1.51. The van der Waals surface area contributed by atoms with Gasteiger partial charge in [-0.05, 0) is 5.53 Å². The second kappa shape index (κ2) is 6.62. The van der Waals surface area contributed by atoms with Gasteiger partial charge in [0.15, 0.2) is 12.6 Å². The van der Waals surface area contributed by atoms with Gasteiger partial charge in [0, 0.05) is 17.6 Å². The summed E-state index contributed by atoms with van der Waals surface area (Å²) in [6.45, 7) is 0.254. The molecular weight excluding hydrogens is 290 g/mol. The molecule has 0 amide bonds. The highest BCUT2D eigenvalue weighted by Crippen LogP contribution is 2.35. The summed E-state index contributed by atoms with van der Waals surface area (Å²) in [5.41, 5.74) is 9.50. The normalized spacial score (nSPS) is 37.9. The van der Waals surface area contributed by atoms with Crippen molar-refractivity contribution in [1.82, 2.24) is 0 Å². The topological polar surface area (TPSA) is 106 Å². The molecule has 8 heteroatoms. The molecule has 2 saturated heterocycles. The Balaban J connectivity index is 1.79. The third kappa shape index (κ3) is 2.80. The number of aliphatic hydroxyl groups excluding tert-OH is 1. The molecule has 6 atom stereocenters. The molecule has 2 aliphatic rings. The molecule has 2 heterocycles. The minimum atomic E-state index is -1.03. The van der Waals surface area contributed by atoms with Crippen LogP contribution in [-0.2, 0) is 18.9 Å². The Hall–Kier alpha value is -1.67. The number of ether oxygens (including phenoxy) is 4. The molecule has 0 bridgehead atoms. The van der Waals surface area contributed by atoms with Crippen LogP contribution in [-0.4, -0.2) is 49.5 Å². The first-order valence-electron chi connectivity index (χ1n) is 6.97. The van der Waals surface area contributed by atoms with Crippen LogP contribution >= 0.6 is 0 Å². The fourth-order valence-corrected chi connectivity index (χ4v) is 2.73. The first kappa shape index (κ1) is 15.2. The average molecular weight is 307 g/mol. The van der Waals surface area contributed by atoms with E-state index in [4.69, 9.17) is 24.5 Å². The van der Waals surface area contributed by atoms with Crippen molar-refractivity contribution in [2.45, 2.75) is 36.9 Å². The first-order chi connectivity index (χ1) is 10.7. The molecule has 1 aromatic rings. The largest absolute Gasteiger partial charge is 0.390 e. The van der Waals surface area contributed by atoms with E-state index >= 15 is 0 Å². The predicted molar refractivity (Wildman–Crippen MR) is 74.6 cm³/mol. The Kier molecular flexibility index (Phi) is 4.58. The van der Waals surface area contributed by atoms with Crippen molar-refractivity contribution in [3.8, 4) is 0 Å². The number of methoxy groups -OCH3 is 1. The summed E-state index contributed by atoms with van der Waals surface area (Å²) in [6.07, 6.45) is -3.58. The van der Waals surface area contributed by atoms with Crippen molar-refractivity contribution in [3.05, 3.63) is 46.3 Å². The molecule has 0 aromatic heterocycles. The smallest absolute Gasteiger partial charge is 0.184 e. The monoisotopic (exact) mass is 307 g/mol. The second-order valence-electron chi connectivity index (χ2n) is 5.14. The molecule has 22 heavy (non-hydrogen) atoms. The Bertz CT molecular complexity index is 551. The van der Waals surface area contributed by atoms with Crippen LogP contribution in [0.2, 0.25) is 0 Å². The van der Waals surface area contributed by atoms with E-state index in [1.807, 2.05) is 30.3 Å². The number of hydrogen-bond donors (Lipinski definition) is 1. The summed E-state index contributed by atoms with van der Waals surface area (Å²) in [4.78, 5) is 2.74. The Labute approximate surface area is 127 Å². The van der Waals surface area contributed by atoms with Crippen molar-refractivity contribution in [1.29, 1.82) is 0 Å². The number of fused-ring (bicyclic) bond motifs is 1. The fraction of sp³-hybridized carbons (Fsp3) is 0.571. The van der Waals surface area contributed by atoms with Crippen LogP contribution in [0.5, 0.6) is 0 Å². The maximum absolute atomic E-state index is 10.5. The quantitative estimate of drug-likeness (QED) is 0.517. The third-order valence-electron chi connectivity index (χ3n) is 3.82. The van der Waals surface area contributed by atoms with Gasteiger partial charge >= 0.3 is 0 Å². The molecule has 1 N–H and O–H groups in total. The summed E-state index contributed by atoms with van der Waals surface area (Å²) < 4.78 is 22.3. The lowest BCUT2D eigenvalue weighted by Gasteiger charge is -2.46. The Morgan fingerprint density at radius 1 is 1.32 bits per heavy atom. The Morgan fingerprint density at radius 2 is 2.09 bits per heavy atom. The van der Waals surface area contributed by atoms with Gasteiger partial charge in [0.25, 0.3) is 0 Å². The number of hydrogen-bond acceptors (Lipinski definition) is 6. The van der Waals surface area contributed by atoms with Gasteiger partial charge in [-0.2, -0.15) is 0 Å². The summed E-state index contributed by atoms with van der Waals surface area (Å²) >= 11 is 0. The van der Waals surface area contributed by atoms with Gasteiger partial charge in [-0.15, -0.1) is 0 Å². The van der Waals surface area contributed by atoms with Gasteiger partial charge in [-0.1, -0.05) is 35.4 Å². The van der Waals surface area contributed by atoms with Gasteiger partial charge < -0.3 is 24.1 Å². The molecule has 8 nitrogen and oxygen atoms in total. The molecule has 0 aliphatic carbocycles. The standard InChI is InChI=1S/C14H17N3O5/c1-19-14-10(16-17-15)11(18)12-9(21-14)7-20-13(22-12)8-5-3-2-4-6-8/h2-6,9-14,18H,7H2,1H3/t9?,10?,11?,12-,13?,14?/m0/s1. The van der Waals surface area contributed by atoms with Gasteiger partial charge in [-0.25, -0.2) is 0 Å². The maximum atomic E-state index is 10.5. The van der Waals surface area contributed by atoms with Crippen LogP contribution < -0.4 is 0 Å².